The van der Waals surface area contributed by atoms with Crippen molar-refractivity contribution in [3.63, 3.8) is 0 Å². The molecule has 1 N–H and O–H groups in total. The van der Waals surface area contributed by atoms with Crippen LogP contribution in [0.5, 0.6) is 0 Å². The summed E-state index contributed by atoms with van der Waals surface area (Å²) in [6.07, 6.45) is 2.17. The van der Waals surface area contributed by atoms with Crippen LogP contribution in [0.4, 0.5) is 11.4 Å². The molecular formula is C26H28ClN3O3. The lowest BCUT2D eigenvalue weighted by Crippen LogP contribution is -2.39. The molecule has 2 heterocycles. The van der Waals surface area contributed by atoms with E-state index in [9.17, 15) is 14.4 Å². The van der Waals surface area contributed by atoms with Gasteiger partial charge in [0.05, 0.1) is 5.69 Å². The maximum absolute atomic E-state index is 13.0. The van der Waals surface area contributed by atoms with Crippen molar-refractivity contribution in [2.75, 3.05) is 23.3 Å². The Morgan fingerprint density at radius 2 is 1.70 bits per heavy atom. The fourth-order valence-corrected chi connectivity index (χ4v) is 4.46. The lowest BCUT2D eigenvalue weighted by molar-refractivity contribution is -0.120. The van der Waals surface area contributed by atoms with Crippen LogP contribution in [0.3, 0.4) is 0 Å². The number of carbonyl (C=O) groups excluding carboxylic acids is 3. The highest BCUT2D eigenvalue weighted by molar-refractivity contribution is 6.53. The van der Waals surface area contributed by atoms with Gasteiger partial charge in [0.2, 0.25) is 0 Å². The normalized spacial score (nSPS) is 19.0. The maximum Gasteiger partial charge on any atom is 0.283 e. The zero-order valence-electron chi connectivity index (χ0n) is 19.1. The van der Waals surface area contributed by atoms with E-state index in [0.717, 1.165) is 36.4 Å². The average molecular weight is 466 g/mol. The van der Waals surface area contributed by atoms with Gasteiger partial charge < -0.3 is 10.2 Å². The number of nitrogens with zero attached hydrogens (tertiary/aromatic N) is 2. The van der Waals surface area contributed by atoms with Gasteiger partial charge in [-0.15, -0.1) is 0 Å². The summed E-state index contributed by atoms with van der Waals surface area (Å²) < 4.78 is 0. The van der Waals surface area contributed by atoms with Crippen molar-refractivity contribution >= 4 is 40.7 Å². The van der Waals surface area contributed by atoms with E-state index >= 15 is 0 Å². The van der Waals surface area contributed by atoms with E-state index < -0.39 is 11.8 Å². The van der Waals surface area contributed by atoms with Crippen molar-refractivity contribution in [3.8, 4) is 0 Å². The number of piperidine rings is 1. The number of amides is 3. The summed E-state index contributed by atoms with van der Waals surface area (Å²) >= 11 is 6.24. The van der Waals surface area contributed by atoms with Crippen LogP contribution in [-0.2, 0) is 9.59 Å². The lowest BCUT2D eigenvalue weighted by atomic mass is 9.99. The third-order valence-electron chi connectivity index (χ3n) is 6.19. The van der Waals surface area contributed by atoms with E-state index in [4.69, 9.17) is 11.6 Å². The van der Waals surface area contributed by atoms with Gasteiger partial charge in [0.1, 0.15) is 10.7 Å². The number of anilines is 2. The summed E-state index contributed by atoms with van der Waals surface area (Å²) in [5, 5.41) is 2.81. The highest BCUT2D eigenvalue weighted by Crippen LogP contribution is 2.31. The van der Waals surface area contributed by atoms with Crippen molar-refractivity contribution in [3.05, 3.63) is 70.4 Å². The SMILES string of the molecule is CC1CCCN(C(=O)c2ccc(NC3=C(Cl)C(=O)N(c4ccc(C(C)C)cc4)C3=O)cc2)C1. The van der Waals surface area contributed by atoms with E-state index in [-0.39, 0.29) is 16.6 Å². The van der Waals surface area contributed by atoms with E-state index in [1.165, 1.54) is 0 Å². The average Bonchev–Trinajstić information content (AvgIpc) is 3.02. The Kier molecular flexibility index (Phi) is 6.56. The molecule has 0 aromatic heterocycles. The fraction of sp³-hybridized carbons (Fsp3) is 0.346. The first-order valence-corrected chi connectivity index (χ1v) is 11.7. The van der Waals surface area contributed by atoms with Crippen LogP contribution < -0.4 is 10.2 Å². The summed E-state index contributed by atoms with van der Waals surface area (Å²) in [6.45, 7) is 7.86. The predicted molar refractivity (Wildman–Crippen MR) is 130 cm³/mol. The van der Waals surface area contributed by atoms with Gasteiger partial charge in [-0.1, -0.05) is 44.5 Å². The summed E-state index contributed by atoms with van der Waals surface area (Å²) in [6, 6.07) is 14.2. The Hall–Kier alpha value is -3.12. The smallest absolute Gasteiger partial charge is 0.283 e. The highest BCUT2D eigenvalue weighted by atomic mass is 35.5. The predicted octanol–water partition coefficient (Wildman–Crippen LogP) is 5.12. The first kappa shape index (κ1) is 23.1. The number of hydrogen-bond donors (Lipinski definition) is 1. The zero-order chi connectivity index (χ0) is 23.7. The Labute approximate surface area is 199 Å². The Balaban J connectivity index is 1.47. The molecule has 2 aliphatic heterocycles. The number of hydrogen-bond acceptors (Lipinski definition) is 4. The zero-order valence-corrected chi connectivity index (χ0v) is 19.9. The molecule has 0 radical (unpaired) electrons. The quantitative estimate of drug-likeness (QED) is 0.622. The molecule has 0 saturated carbocycles. The van der Waals surface area contributed by atoms with Gasteiger partial charge in [-0.05, 0) is 66.6 Å². The van der Waals surface area contributed by atoms with Gasteiger partial charge in [-0.3, -0.25) is 14.4 Å². The Morgan fingerprint density at radius 1 is 1.03 bits per heavy atom. The first-order chi connectivity index (χ1) is 15.8. The van der Waals surface area contributed by atoms with Crippen molar-refractivity contribution in [1.29, 1.82) is 0 Å². The van der Waals surface area contributed by atoms with Crippen LogP contribution in [0.2, 0.25) is 0 Å². The van der Waals surface area contributed by atoms with Gasteiger partial charge >= 0.3 is 0 Å². The largest absolute Gasteiger partial charge is 0.350 e. The summed E-state index contributed by atoms with van der Waals surface area (Å²) in [5.74, 6) is -0.213. The van der Waals surface area contributed by atoms with Gasteiger partial charge in [-0.2, -0.15) is 0 Å². The molecule has 0 aliphatic carbocycles. The van der Waals surface area contributed by atoms with Crippen LogP contribution in [0, 0.1) is 5.92 Å². The van der Waals surface area contributed by atoms with Crippen molar-refractivity contribution < 1.29 is 14.4 Å². The second kappa shape index (κ2) is 9.40. The third-order valence-corrected chi connectivity index (χ3v) is 6.54. The number of likely N-dealkylation sites (tertiary alicyclic amines) is 1. The summed E-state index contributed by atoms with van der Waals surface area (Å²) in [4.78, 5) is 41.5. The van der Waals surface area contributed by atoms with E-state index in [2.05, 4.69) is 26.1 Å². The molecule has 2 aliphatic rings. The molecule has 7 heteroatoms. The van der Waals surface area contributed by atoms with E-state index in [1.807, 2.05) is 17.0 Å². The molecule has 2 aromatic rings. The summed E-state index contributed by atoms with van der Waals surface area (Å²) in [5.41, 5.74) is 2.78. The molecular weight excluding hydrogens is 438 g/mol. The van der Waals surface area contributed by atoms with Crippen LogP contribution in [0.15, 0.2) is 59.3 Å². The standard InChI is InChI=1S/C26H28ClN3O3/c1-16(2)18-8-12-21(13-9-18)30-25(32)22(27)23(26(30)33)28-20-10-6-19(7-11-20)24(31)29-14-4-5-17(3)15-29/h6-13,16-17,28H,4-5,14-15H2,1-3H3. The molecule has 2 aromatic carbocycles. The van der Waals surface area contributed by atoms with Gasteiger partial charge in [0.25, 0.3) is 17.7 Å². The molecule has 1 fully saturated rings. The van der Waals surface area contributed by atoms with Crippen LogP contribution in [-0.4, -0.2) is 35.7 Å². The Morgan fingerprint density at radius 3 is 2.30 bits per heavy atom. The minimum atomic E-state index is -0.563. The number of halogens is 1. The van der Waals surface area contributed by atoms with Crippen molar-refractivity contribution in [2.45, 2.75) is 39.5 Å². The van der Waals surface area contributed by atoms with Crippen LogP contribution in [0.1, 0.15) is 55.5 Å². The van der Waals surface area contributed by atoms with Crippen LogP contribution in [0.25, 0.3) is 0 Å². The Bertz CT molecular complexity index is 1110. The number of imide groups is 1. The molecule has 6 nitrogen and oxygen atoms in total. The topological polar surface area (TPSA) is 69.7 Å². The molecule has 0 spiro atoms. The molecule has 1 atom stereocenters. The van der Waals surface area contributed by atoms with Gasteiger partial charge in [0.15, 0.2) is 0 Å². The minimum Gasteiger partial charge on any atom is -0.350 e. The third kappa shape index (κ3) is 4.67. The number of benzene rings is 2. The van der Waals surface area contributed by atoms with Gasteiger partial charge in [0, 0.05) is 24.3 Å². The molecule has 0 bridgehead atoms. The monoisotopic (exact) mass is 465 g/mol. The first-order valence-electron chi connectivity index (χ1n) is 11.3. The lowest BCUT2D eigenvalue weighted by Gasteiger charge is -2.31. The second-order valence-electron chi connectivity index (χ2n) is 9.08. The number of carbonyl (C=O) groups is 3. The molecule has 1 unspecified atom stereocenters. The maximum atomic E-state index is 13.0. The van der Waals surface area contributed by atoms with Crippen molar-refractivity contribution in [2.24, 2.45) is 5.92 Å². The molecule has 172 valence electrons. The number of nitrogens with one attached hydrogen (secondary N) is 1. The molecule has 4 rings (SSSR count). The fourth-order valence-electron chi connectivity index (χ4n) is 4.25. The minimum absolute atomic E-state index is 0.00786. The summed E-state index contributed by atoms with van der Waals surface area (Å²) in [7, 11) is 0. The van der Waals surface area contributed by atoms with Crippen LogP contribution >= 0.6 is 11.6 Å². The molecule has 1 saturated heterocycles. The van der Waals surface area contributed by atoms with E-state index in [1.54, 1.807) is 36.4 Å². The molecule has 33 heavy (non-hydrogen) atoms. The second-order valence-corrected chi connectivity index (χ2v) is 9.46. The van der Waals surface area contributed by atoms with Gasteiger partial charge in [-0.25, -0.2) is 4.90 Å². The van der Waals surface area contributed by atoms with Crippen molar-refractivity contribution in [1.82, 2.24) is 4.90 Å². The van der Waals surface area contributed by atoms with E-state index in [0.29, 0.717) is 28.8 Å². The highest BCUT2D eigenvalue weighted by Gasteiger charge is 2.39. The number of rotatable bonds is 5. The molecule has 3 amide bonds.